The topological polar surface area (TPSA) is 37.2 Å². The zero-order valence-electron chi connectivity index (χ0n) is 10.8. The zero-order chi connectivity index (χ0) is 12.0. The lowest BCUT2D eigenvalue weighted by molar-refractivity contribution is 0.102. The van der Waals surface area contributed by atoms with E-state index in [1.165, 1.54) is 19.2 Å². The highest BCUT2D eigenvalue weighted by Crippen LogP contribution is 2.23. The summed E-state index contributed by atoms with van der Waals surface area (Å²) < 4.78 is 5.76. The smallest absolute Gasteiger partial charge is 0.186 e. The van der Waals surface area contributed by atoms with Crippen molar-refractivity contribution in [3.63, 3.8) is 0 Å². The van der Waals surface area contributed by atoms with E-state index in [0.29, 0.717) is 12.1 Å². The van der Waals surface area contributed by atoms with Crippen molar-refractivity contribution in [2.75, 3.05) is 21.1 Å². The summed E-state index contributed by atoms with van der Waals surface area (Å²) in [5, 5.41) is 0. The Morgan fingerprint density at radius 2 is 1.88 bits per heavy atom. The molecule has 0 spiro atoms. The van der Waals surface area contributed by atoms with Gasteiger partial charge < -0.3 is 9.64 Å². The fraction of sp³-hybridized carbons (Fsp3) is 0.833. The number of ether oxygens (including phenoxy) is 1. The van der Waals surface area contributed by atoms with Crippen molar-refractivity contribution < 1.29 is 4.74 Å². The molecule has 0 N–H and O–H groups in total. The molecule has 0 atom stereocenters. The van der Waals surface area contributed by atoms with Crippen LogP contribution in [0, 0.1) is 0 Å². The Kier molecular flexibility index (Phi) is 5.46. The minimum Gasteiger partial charge on any atom is -0.478 e. The summed E-state index contributed by atoms with van der Waals surface area (Å²) in [7, 11) is 6.01. The van der Waals surface area contributed by atoms with Crippen molar-refractivity contribution in [2.24, 2.45) is 9.98 Å². The van der Waals surface area contributed by atoms with Gasteiger partial charge in [0.15, 0.2) is 5.90 Å². The molecule has 0 unspecified atom stereocenters. The average molecular weight is 225 g/mol. The summed E-state index contributed by atoms with van der Waals surface area (Å²) in [6, 6.07) is 0.717. The quantitative estimate of drug-likeness (QED) is 0.544. The summed E-state index contributed by atoms with van der Waals surface area (Å²) >= 11 is 0. The third kappa shape index (κ3) is 4.31. The van der Waals surface area contributed by atoms with E-state index in [1.807, 2.05) is 6.92 Å². The third-order valence-corrected chi connectivity index (χ3v) is 3.07. The van der Waals surface area contributed by atoms with Crippen molar-refractivity contribution in [1.82, 2.24) is 4.90 Å². The van der Waals surface area contributed by atoms with E-state index in [4.69, 9.17) is 4.74 Å². The molecule has 1 fully saturated rings. The molecule has 92 valence electrons. The Labute approximate surface area is 98.4 Å². The Bertz CT molecular complexity index is 253. The van der Waals surface area contributed by atoms with Gasteiger partial charge in [-0.05, 0) is 39.8 Å². The van der Waals surface area contributed by atoms with E-state index >= 15 is 0 Å². The Hall–Kier alpha value is -0.900. The van der Waals surface area contributed by atoms with Gasteiger partial charge in [0.25, 0.3) is 0 Å². The van der Waals surface area contributed by atoms with Crippen molar-refractivity contribution in [1.29, 1.82) is 0 Å². The second-order valence-electron chi connectivity index (χ2n) is 4.53. The monoisotopic (exact) mass is 225 g/mol. The lowest BCUT2D eigenvalue weighted by atomic mass is 9.92. The van der Waals surface area contributed by atoms with Crippen LogP contribution >= 0.6 is 0 Å². The normalized spacial score (nSPS) is 27.7. The minimum atomic E-state index is 0.338. The molecule has 0 aliphatic heterocycles. The molecule has 0 radical (unpaired) electrons. The summed E-state index contributed by atoms with van der Waals surface area (Å²) in [6.07, 6.45) is 6.54. The SMILES string of the molecule is CN=CN=C(C)OC1CCC(N(C)C)CC1. The van der Waals surface area contributed by atoms with E-state index in [2.05, 4.69) is 29.0 Å². The van der Waals surface area contributed by atoms with Gasteiger partial charge in [-0.2, -0.15) is 0 Å². The highest BCUT2D eigenvalue weighted by molar-refractivity contribution is 5.82. The van der Waals surface area contributed by atoms with Gasteiger partial charge in [-0.25, -0.2) is 4.99 Å². The molecule has 0 aromatic heterocycles. The number of nitrogens with zero attached hydrogens (tertiary/aromatic N) is 3. The van der Waals surface area contributed by atoms with E-state index in [1.54, 1.807) is 7.05 Å². The van der Waals surface area contributed by atoms with Crippen LogP contribution in [-0.4, -0.2) is 50.4 Å². The van der Waals surface area contributed by atoms with Gasteiger partial charge in [-0.1, -0.05) is 0 Å². The van der Waals surface area contributed by atoms with Crippen LogP contribution in [0.15, 0.2) is 9.98 Å². The first-order valence-electron chi connectivity index (χ1n) is 5.91. The van der Waals surface area contributed by atoms with Crippen molar-refractivity contribution >= 4 is 12.2 Å². The molecule has 0 saturated heterocycles. The molecule has 4 nitrogen and oxygen atoms in total. The number of hydrogen-bond donors (Lipinski definition) is 0. The van der Waals surface area contributed by atoms with Crippen LogP contribution in [0.3, 0.4) is 0 Å². The number of rotatable bonds is 3. The van der Waals surface area contributed by atoms with E-state index in [-0.39, 0.29) is 0 Å². The molecule has 0 bridgehead atoms. The lowest BCUT2D eigenvalue weighted by Gasteiger charge is -2.32. The predicted octanol–water partition coefficient (Wildman–Crippen LogP) is 1.95. The van der Waals surface area contributed by atoms with Crippen molar-refractivity contribution in [2.45, 2.75) is 44.8 Å². The number of hydrogen-bond acceptors (Lipinski definition) is 3. The largest absolute Gasteiger partial charge is 0.478 e. The van der Waals surface area contributed by atoms with Crippen LogP contribution in [-0.2, 0) is 4.74 Å². The van der Waals surface area contributed by atoms with E-state index < -0.39 is 0 Å². The second-order valence-corrected chi connectivity index (χ2v) is 4.53. The first kappa shape index (κ1) is 13.2. The van der Waals surface area contributed by atoms with Crippen molar-refractivity contribution in [3.05, 3.63) is 0 Å². The van der Waals surface area contributed by atoms with E-state index in [9.17, 15) is 0 Å². The Morgan fingerprint density at radius 3 is 2.38 bits per heavy atom. The van der Waals surface area contributed by atoms with Gasteiger partial charge in [-0.3, -0.25) is 4.99 Å². The fourth-order valence-electron chi connectivity index (χ4n) is 2.09. The van der Waals surface area contributed by atoms with Gasteiger partial charge >= 0.3 is 0 Å². The predicted molar refractivity (Wildman–Crippen MR) is 68.3 cm³/mol. The molecule has 1 saturated carbocycles. The van der Waals surface area contributed by atoms with Gasteiger partial charge in [-0.15, -0.1) is 0 Å². The molecule has 1 aliphatic carbocycles. The first-order valence-corrected chi connectivity index (χ1v) is 5.91. The molecule has 0 aromatic carbocycles. The van der Waals surface area contributed by atoms with Gasteiger partial charge in [0.1, 0.15) is 12.4 Å². The standard InChI is InChI=1S/C12H23N3O/c1-10(14-9-13-2)16-12-7-5-11(6-8-12)15(3)4/h9,11-12H,5-8H2,1-4H3. The second kappa shape index (κ2) is 6.63. The highest BCUT2D eigenvalue weighted by atomic mass is 16.5. The average Bonchev–Trinajstić information content (AvgIpc) is 2.27. The van der Waals surface area contributed by atoms with E-state index in [0.717, 1.165) is 18.7 Å². The Balaban J connectivity index is 2.32. The maximum absolute atomic E-state index is 5.76. The summed E-state index contributed by atoms with van der Waals surface area (Å²) in [4.78, 5) is 10.2. The molecule has 16 heavy (non-hydrogen) atoms. The minimum absolute atomic E-state index is 0.338. The van der Waals surface area contributed by atoms with Crippen LogP contribution in [0.1, 0.15) is 32.6 Å². The molecular weight excluding hydrogens is 202 g/mol. The third-order valence-electron chi connectivity index (χ3n) is 3.07. The first-order chi connectivity index (χ1) is 7.63. The lowest BCUT2D eigenvalue weighted by Crippen LogP contribution is -2.35. The Morgan fingerprint density at radius 1 is 1.25 bits per heavy atom. The van der Waals surface area contributed by atoms with Gasteiger partial charge in [0.05, 0.1) is 0 Å². The van der Waals surface area contributed by atoms with Crippen LogP contribution in [0.4, 0.5) is 0 Å². The van der Waals surface area contributed by atoms with Gasteiger partial charge in [0.2, 0.25) is 0 Å². The maximum Gasteiger partial charge on any atom is 0.186 e. The molecule has 0 amide bonds. The molecule has 1 aliphatic rings. The molecule has 0 heterocycles. The fourth-order valence-corrected chi connectivity index (χ4v) is 2.09. The molecular formula is C12H23N3O. The van der Waals surface area contributed by atoms with Crippen LogP contribution in [0.5, 0.6) is 0 Å². The van der Waals surface area contributed by atoms with Crippen LogP contribution < -0.4 is 0 Å². The van der Waals surface area contributed by atoms with Gasteiger partial charge in [0, 0.05) is 20.0 Å². The molecule has 0 aromatic rings. The molecule has 4 heteroatoms. The van der Waals surface area contributed by atoms with Crippen LogP contribution in [0.2, 0.25) is 0 Å². The summed E-state index contributed by atoms with van der Waals surface area (Å²) in [6.45, 7) is 1.89. The molecule has 1 rings (SSSR count). The zero-order valence-corrected chi connectivity index (χ0v) is 10.8. The highest BCUT2D eigenvalue weighted by Gasteiger charge is 2.23. The summed E-state index contributed by atoms with van der Waals surface area (Å²) in [5.74, 6) is 0.721. The van der Waals surface area contributed by atoms with Crippen LogP contribution in [0.25, 0.3) is 0 Å². The van der Waals surface area contributed by atoms with Crippen molar-refractivity contribution in [3.8, 4) is 0 Å². The number of aliphatic imine (C=N–C) groups is 2. The maximum atomic E-state index is 5.76. The summed E-state index contributed by atoms with van der Waals surface area (Å²) in [5.41, 5.74) is 0.